The molecule has 0 aromatic heterocycles. The molecule has 0 heterocycles. The van der Waals surface area contributed by atoms with Gasteiger partial charge in [-0.1, -0.05) is 39.9 Å². The molecule has 1 nitrogen and oxygen atoms in total. The molecule has 0 spiro atoms. The van der Waals surface area contributed by atoms with Gasteiger partial charge in [0, 0.05) is 27.4 Å². The Balaban J connectivity index is 2.18. The maximum atomic E-state index is 13.0. The number of benzene rings is 2. The molecule has 34 heavy (non-hydrogen) atoms. The fourth-order valence-electron chi connectivity index (χ4n) is 2.50. The van der Waals surface area contributed by atoms with Gasteiger partial charge in [0.2, 0.25) is 0 Å². The van der Waals surface area contributed by atoms with Gasteiger partial charge < -0.3 is 5.32 Å². The van der Waals surface area contributed by atoms with Crippen LogP contribution in [0.2, 0.25) is 0 Å². The molecule has 0 atom stereocenters. The summed E-state index contributed by atoms with van der Waals surface area (Å²) in [4.78, 5) is -2.39. The maximum Gasteiger partial charge on any atom is 0.416 e. The quantitative estimate of drug-likeness (QED) is 0.274. The van der Waals surface area contributed by atoms with Crippen LogP contribution in [0.5, 0.6) is 0 Å². The van der Waals surface area contributed by atoms with E-state index in [9.17, 15) is 45.8 Å². The highest BCUT2D eigenvalue weighted by Gasteiger charge is 2.65. The van der Waals surface area contributed by atoms with E-state index in [0.29, 0.717) is 23.9 Å². The molecular formula is C20H18F11NS2. The van der Waals surface area contributed by atoms with Crippen LogP contribution >= 0.6 is 22.0 Å². The average molecular weight is 545 g/mol. The first-order valence-electron chi connectivity index (χ1n) is 9.11. The van der Waals surface area contributed by atoms with Gasteiger partial charge in [0.25, 0.3) is 0 Å². The Labute approximate surface area is 192 Å². The highest BCUT2D eigenvalue weighted by molar-refractivity contribution is 8.45. The Hall–Kier alpha value is -2.09. The fraction of sp³-hybridized carbons (Fsp3) is 0.300. The lowest BCUT2D eigenvalue weighted by Gasteiger charge is -2.40. The lowest BCUT2D eigenvalue weighted by molar-refractivity contribution is -0.143. The van der Waals surface area contributed by atoms with E-state index in [1.165, 1.54) is 13.8 Å². The van der Waals surface area contributed by atoms with E-state index in [2.05, 4.69) is 11.9 Å². The minimum Gasteiger partial charge on any atom is -0.359 e. The third-order valence-corrected chi connectivity index (χ3v) is 7.17. The predicted octanol–water partition coefficient (Wildman–Crippen LogP) is 10.1. The smallest absolute Gasteiger partial charge is 0.359 e. The van der Waals surface area contributed by atoms with Gasteiger partial charge in [0.15, 0.2) is 0 Å². The largest absolute Gasteiger partial charge is 0.416 e. The van der Waals surface area contributed by atoms with Crippen LogP contribution in [0.15, 0.2) is 64.5 Å². The first-order chi connectivity index (χ1) is 14.9. The van der Waals surface area contributed by atoms with E-state index in [1.54, 1.807) is 0 Å². The highest BCUT2D eigenvalue weighted by Crippen LogP contribution is 3.02. The molecule has 0 fully saturated rings. The van der Waals surface area contributed by atoms with Gasteiger partial charge in [0.05, 0.1) is 11.1 Å². The van der Waals surface area contributed by atoms with Crippen LogP contribution in [0, 0.1) is 5.41 Å². The summed E-state index contributed by atoms with van der Waals surface area (Å²) in [6, 6.07) is 3.05. The summed E-state index contributed by atoms with van der Waals surface area (Å²) in [6.45, 7) is 6.78. The highest BCUT2D eigenvalue weighted by atomic mass is 32.5. The van der Waals surface area contributed by atoms with Gasteiger partial charge in [-0.05, 0) is 42.5 Å². The zero-order valence-electron chi connectivity index (χ0n) is 17.4. The van der Waals surface area contributed by atoms with E-state index < -0.39 is 44.0 Å². The zero-order chi connectivity index (χ0) is 26.4. The minimum absolute atomic E-state index is 0.00578. The summed E-state index contributed by atoms with van der Waals surface area (Å²) in [5.41, 5.74) is -3.81. The first-order valence-corrected chi connectivity index (χ1v) is 12.0. The Morgan fingerprint density at radius 1 is 0.824 bits per heavy atom. The normalized spacial score (nSPS) is 15.4. The number of alkyl halides is 6. The van der Waals surface area contributed by atoms with Crippen LogP contribution in [0.3, 0.4) is 0 Å². The molecular weight excluding hydrogens is 527 g/mol. The summed E-state index contributed by atoms with van der Waals surface area (Å²) in [5.74, 6) is -0.0685. The average Bonchev–Trinajstić information content (AvgIpc) is 2.63. The van der Waals surface area contributed by atoms with Gasteiger partial charge in [-0.2, -0.15) is 26.3 Å². The molecule has 0 saturated carbocycles. The SMILES string of the molecule is C=C(Nc1ccc(S(F)(F)(F)(F)F)cc1)C(C)(C)CSc1cc(C(F)(F)F)cc(C(F)(F)F)c1. The number of thioether (sulfide) groups is 1. The molecule has 0 unspecified atom stereocenters. The zero-order valence-corrected chi connectivity index (χ0v) is 19.1. The Kier molecular flexibility index (Phi) is 6.60. The molecule has 0 aliphatic heterocycles. The van der Waals surface area contributed by atoms with Crippen molar-refractivity contribution in [3.05, 3.63) is 65.9 Å². The van der Waals surface area contributed by atoms with E-state index in [0.717, 1.165) is 12.1 Å². The Morgan fingerprint density at radius 3 is 1.65 bits per heavy atom. The summed E-state index contributed by atoms with van der Waals surface area (Å²) >= 11 is 0.687. The van der Waals surface area contributed by atoms with Crippen LogP contribution in [-0.2, 0) is 12.4 Å². The fourth-order valence-corrected chi connectivity index (χ4v) is 4.27. The molecule has 0 aliphatic rings. The number of rotatable bonds is 7. The van der Waals surface area contributed by atoms with Crippen molar-refractivity contribution in [2.45, 2.75) is 36.0 Å². The molecule has 14 heteroatoms. The van der Waals surface area contributed by atoms with Crippen molar-refractivity contribution < 1.29 is 45.8 Å². The number of nitrogens with one attached hydrogen (secondary N) is 1. The van der Waals surface area contributed by atoms with Crippen molar-refractivity contribution in [2.75, 3.05) is 11.1 Å². The number of allylic oxidation sites excluding steroid dienone is 1. The lowest BCUT2D eigenvalue weighted by Crippen LogP contribution is -2.22. The standard InChI is InChI=1S/C20H18F11NS2/c1-12(32-15-4-6-17(7-5-15)34(27,28,29,30)31)18(2,3)11-33-16-9-13(19(21,22)23)8-14(10-16)20(24,25)26/h4-10,32H,1,11H2,2-3H3. The number of hydrogen-bond acceptors (Lipinski definition) is 2. The van der Waals surface area contributed by atoms with Crippen molar-refractivity contribution in [2.24, 2.45) is 5.41 Å². The summed E-state index contributed by atoms with van der Waals surface area (Å²) in [5, 5.41) is 2.63. The van der Waals surface area contributed by atoms with Crippen LogP contribution < -0.4 is 5.32 Å². The first kappa shape index (κ1) is 28.1. The molecule has 2 rings (SSSR count). The molecule has 2 aromatic rings. The summed E-state index contributed by atoms with van der Waals surface area (Å²) in [7, 11) is -9.84. The van der Waals surface area contributed by atoms with Crippen LogP contribution in [0.25, 0.3) is 0 Å². The molecule has 2 aromatic carbocycles. The second-order valence-corrected chi connectivity index (χ2v) is 11.5. The predicted molar refractivity (Wildman–Crippen MR) is 112 cm³/mol. The maximum absolute atomic E-state index is 13.0. The third kappa shape index (κ3) is 7.45. The topological polar surface area (TPSA) is 12.0 Å². The van der Waals surface area contributed by atoms with E-state index in [4.69, 9.17) is 0 Å². The number of halogens is 11. The second kappa shape index (κ2) is 7.97. The van der Waals surface area contributed by atoms with Gasteiger partial charge in [-0.25, -0.2) is 0 Å². The van der Waals surface area contributed by atoms with Gasteiger partial charge >= 0.3 is 22.6 Å². The molecule has 0 amide bonds. The van der Waals surface area contributed by atoms with Crippen molar-refractivity contribution in [3.8, 4) is 0 Å². The third-order valence-electron chi connectivity index (χ3n) is 4.57. The number of anilines is 1. The van der Waals surface area contributed by atoms with Gasteiger partial charge in [0.1, 0.15) is 4.90 Å². The minimum atomic E-state index is -9.84. The van der Waals surface area contributed by atoms with Crippen molar-refractivity contribution in [1.29, 1.82) is 0 Å². The van der Waals surface area contributed by atoms with Crippen LogP contribution in [0.1, 0.15) is 25.0 Å². The van der Waals surface area contributed by atoms with Crippen LogP contribution in [0.4, 0.5) is 51.5 Å². The van der Waals surface area contributed by atoms with E-state index in [-0.39, 0.29) is 40.2 Å². The van der Waals surface area contributed by atoms with Crippen molar-refractivity contribution in [3.63, 3.8) is 0 Å². The van der Waals surface area contributed by atoms with Crippen molar-refractivity contribution in [1.82, 2.24) is 0 Å². The Bertz CT molecular complexity index is 1040. The monoisotopic (exact) mass is 545 g/mol. The summed E-state index contributed by atoms with van der Waals surface area (Å²) < 4.78 is 142. The van der Waals surface area contributed by atoms with Crippen molar-refractivity contribution >= 4 is 27.7 Å². The molecule has 0 radical (unpaired) electrons. The van der Waals surface area contributed by atoms with E-state index >= 15 is 0 Å². The molecule has 1 N–H and O–H groups in total. The van der Waals surface area contributed by atoms with Crippen LogP contribution in [-0.4, -0.2) is 5.75 Å². The van der Waals surface area contributed by atoms with Gasteiger partial charge in [-0.15, -0.1) is 11.8 Å². The molecule has 192 valence electrons. The number of hydrogen-bond donors (Lipinski definition) is 1. The lowest BCUT2D eigenvalue weighted by atomic mass is 9.92. The molecule has 0 saturated heterocycles. The van der Waals surface area contributed by atoms with Gasteiger partial charge in [-0.3, -0.25) is 0 Å². The molecule has 0 aliphatic carbocycles. The van der Waals surface area contributed by atoms with E-state index in [1.807, 2.05) is 0 Å². The molecule has 0 bridgehead atoms. The summed E-state index contributed by atoms with van der Waals surface area (Å²) in [6.07, 6.45) is -10.0. The second-order valence-electron chi connectivity index (χ2n) is 8.01. The Morgan fingerprint density at radius 2 is 1.26 bits per heavy atom.